The second kappa shape index (κ2) is 7.46. The van der Waals surface area contributed by atoms with E-state index in [9.17, 15) is 4.79 Å². The molecular weight excluding hydrogens is 252 g/mol. The number of carbonyl (C=O) groups excluding carboxylic acids is 1. The molecule has 0 bridgehead atoms. The van der Waals surface area contributed by atoms with Gasteiger partial charge in [0.05, 0.1) is 6.61 Å². The predicted octanol–water partition coefficient (Wildman–Crippen LogP) is 2.78. The third-order valence-corrected chi connectivity index (χ3v) is 3.18. The molecule has 0 spiro atoms. The number of rotatable bonds is 7. The molecule has 0 aliphatic heterocycles. The molecule has 1 N–H and O–H groups in total. The second-order valence-electron chi connectivity index (χ2n) is 4.51. The Bertz CT molecular complexity index is 520. The summed E-state index contributed by atoms with van der Waals surface area (Å²) < 4.78 is 5.34. The van der Waals surface area contributed by atoms with E-state index in [0.717, 1.165) is 23.2 Å². The van der Waals surface area contributed by atoms with Crippen LogP contribution in [0.4, 0.5) is 0 Å². The Balaban J connectivity index is 2.19. The van der Waals surface area contributed by atoms with Crippen molar-refractivity contribution in [3.8, 4) is 5.75 Å². The first-order valence-corrected chi connectivity index (χ1v) is 6.67. The number of benzene rings is 2. The normalized spacial score (nSPS) is 11.8. The Hall–Kier alpha value is -2.13. The molecule has 2 aromatic carbocycles. The summed E-state index contributed by atoms with van der Waals surface area (Å²) in [5.74, 6) is 0.793. The molecule has 3 nitrogen and oxygen atoms in total. The van der Waals surface area contributed by atoms with Crippen LogP contribution in [0.2, 0.25) is 0 Å². The summed E-state index contributed by atoms with van der Waals surface area (Å²) in [6.45, 7) is 0.287. The van der Waals surface area contributed by atoms with Crippen LogP contribution in [0.1, 0.15) is 23.5 Å². The van der Waals surface area contributed by atoms with Crippen molar-refractivity contribution in [3.63, 3.8) is 0 Å². The van der Waals surface area contributed by atoms with Crippen LogP contribution in [0, 0.1) is 0 Å². The lowest BCUT2D eigenvalue weighted by Crippen LogP contribution is -2.03. The Morgan fingerprint density at radius 1 is 1.00 bits per heavy atom. The molecule has 1 atom stereocenters. The number of aliphatic hydroxyl groups excluding tert-OH is 1. The van der Waals surface area contributed by atoms with E-state index in [2.05, 4.69) is 0 Å². The SMILES string of the molecule is O=CCC(c1ccccc1)c1ccc(OCCO)cc1. The fraction of sp³-hybridized carbons (Fsp3) is 0.235. The minimum atomic E-state index is -0.000463. The van der Waals surface area contributed by atoms with E-state index in [-0.39, 0.29) is 19.1 Å². The summed E-state index contributed by atoms with van der Waals surface area (Å²) in [4.78, 5) is 10.9. The lowest BCUT2D eigenvalue weighted by molar-refractivity contribution is -0.108. The molecular formula is C17H18O3. The van der Waals surface area contributed by atoms with E-state index in [4.69, 9.17) is 9.84 Å². The maximum atomic E-state index is 10.9. The zero-order valence-electron chi connectivity index (χ0n) is 11.2. The van der Waals surface area contributed by atoms with Gasteiger partial charge in [-0.3, -0.25) is 0 Å². The van der Waals surface area contributed by atoms with Crippen LogP contribution in [0.25, 0.3) is 0 Å². The van der Waals surface area contributed by atoms with Gasteiger partial charge in [-0.1, -0.05) is 42.5 Å². The first-order valence-electron chi connectivity index (χ1n) is 6.67. The third kappa shape index (κ3) is 3.68. The van der Waals surface area contributed by atoms with Crippen LogP contribution in [0.15, 0.2) is 54.6 Å². The number of carbonyl (C=O) groups is 1. The van der Waals surface area contributed by atoms with Crippen molar-refractivity contribution in [1.29, 1.82) is 0 Å². The van der Waals surface area contributed by atoms with Gasteiger partial charge < -0.3 is 14.6 Å². The van der Waals surface area contributed by atoms with Gasteiger partial charge in [-0.05, 0) is 23.3 Å². The van der Waals surface area contributed by atoms with Crippen LogP contribution in [0.3, 0.4) is 0 Å². The van der Waals surface area contributed by atoms with Crippen LogP contribution < -0.4 is 4.74 Å². The maximum Gasteiger partial charge on any atom is 0.120 e. The zero-order valence-corrected chi connectivity index (χ0v) is 11.2. The number of aldehydes is 1. The van der Waals surface area contributed by atoms with Gasteiger partial charge in [-0.2, -0.15) is 0 Å². The van der Waals surface area contributed by atoms with Crippen molar-refractivity contribution in [3.05, 3.63) is 65.7 Å². The molecule has 104 valence electrons. The van der Waals surface area contributed by atoms with Crippen LogP contribution in [-0.4, -0.2) is 24.6 Å². The molecule has 2 rings (SSSR count). The lowest BCUT2D eigenvalue weighted by Gasteiger charge is -2.16. The Kier molecular flexibility index (Phi) is 5.33. The highest BCUT2D eigenvalue weighted by Crippen LogP contribution is 2.28. The smallest absolute Gasteiger partial charge is 0.120 e. The summed E-state index contributed by atoms with van der Waals surface area (Å²) >= 11 is 0. The van der Waals surface area contributed by atoms with Gasteiger partial charge in [-0.25, -0.2) is 0 Å². The summed E-state index contributed by atoms with van der Waals surface area (Å²) in [5, 5.41) is 8.73. The van der Waals surface area contributed by atoms with E-state index < -0.39 is 0 Å². The molecule has 0 aromatic heterocycles. The molecule has 0 fully saturated rings. The molecule has 0 aliphatic carbocycles. The van der Waals surface area contributed by atoms with Gasteiger partial charge in [0, 0.05) is 12.3 Å². The minimum Gasteiger partial charge on any atom is -0.491 e. The first-order chi connectivity index (χ1) is 9.85. The van der Waals surface area contributed by atoms with Gasteiger partial charge in [0.2, 0.25) is 0 Å². The summed E-state index contributed by atoms with van der Waals surface area (Å²) in [6.07, 6.45) is 1.41. The van der Waals surface area contributed by atoms with E-state index in [1.807, 2.05) is 54.6 Å². The molecule has 1 unspecified atom stereocenters. The molecule has 0 aliphatic rings. The molecule has 0 amide bonds. The molecule has 20 heavy (non-hydrogen) atoms. The summed E-state index contributed by atoms with van der Waals surface area (Å²) in [5.41, 5.74) is 2.21. The van der Waals surface area contributed by atoms with Gasteiger partial charge in [-0.15, -0.1) is 0 Å². The molecule has 2 aromatic rings. The summed E-state index contributed by atoms with van der Waals surface area (Å²) in [6, 6.07) is 17.7. The predicted molar refractivity (Wildman–Crippen MR) is 78.0 cm³/mol. The molecule has 0 heterocycles. The van der Waals surface area contributed by atoms with Crippen LogP contribution >= 0.6 is 0 Å². The third-order valence-electron chi connectivity index (χ3n) is 3.18. The quantitative estimate of drug-likeness (QED) is 0.787. The highest BCUT2D eigenvalue weighted by atomic mass is 16.5. The highest BCUT2D eigenvalue weighted by molar-refractivity contribution is 5.54. The van der Waals surface area contributed by atoms with E-state index in [0.29, 0.717) is 6.42 Å². The molecule has 3 heteroatoms. The Labute approximate surface area is 118 Å². The maximum absolute atomic E-state index is 10.9. The van der Waals surface area contributed by atoms with Gasteiger partial charge in [0.15, 0.2) is 0 Å². The van der Waals surface area contributed by atoms with Crippen molar-refractivity contribution in [2.45, 2.75) is 12.3 Å². The van der Waals surface area contributed by atoms with E-state index in [1.54, 1.807) is 0 Å². The molecule has 0 saturated carbocycles. The van der Waals surface area contributed by atoms with Crippen molar-refractivity contribution in [2.75, 3.05) is 13.2 Å². The molecule has 0 saturated heterocycles. The standard InChI is InChI=1S/C17H18O3/c18-11-10-17(14-4-2-1-3-5-14)15-6-8-16(9-7-15)20-13-12-19/h1-9,11,17,19H,10,12-13H2. The average molecular weight is 270 g/mol. The Morgan fingerprint density at radius 2 is 1.65 bits per heavy atom. The van der Waals surface area contributed by atoms with E-state index >= 15 is 0 Å². The van der Waals surface area contributed by atoms with Crippen LogP contribution in [-0.2, 0) is 4.79 Å². The Morgan fingerprint density at radius 3 is 2.25 bits per heavy atom. The van der Waals surface area contributed by atoms with Crippen molar-refractivity contribution in [2.24, 2.45) is 0 Å². The first kappa shape index (κ1) is 14.3. The second-order valence-corrected chi connectivity index (χ2v) is 4.51. The fourth-order valence-electron chi connectivity index (χ4n) is 2.21. The van der Waals surface area contributed by atoms with Crippen molar-refractivity contribution in [1.82, 2.24) is 0 Å². The topological polar surface area (TPSA) is 46.5 Å². The molecule has 0 radical (unpaired) electrons. The van der Waals surface area contributed by atoms with Gasteiger partial charge in [0.1, 0.15) is 18.6 Å². The van der Waals surface area contributed by atoms with Gasteiger partial charge in [0.25, 0.3) is 0 Å². The zero-order chi connectivity index (χ0) is 14.2. The fourth-order valence-corrected chi connectivity index (χ4v) is 2.21. The number of hydrogen-bond acceptors (Lipinski definition) is 3. The summed E-state index contributed by atoms with van der Waals surface area (Å²) in [7, 11) is 0. The van der Waals surface area contributed by atoms with Crippen LogP contribution in [0.5, 0.6) is 5.75 Å². The number of ether oxygens (including phenoxy) is 1. The minimum absolute atomic E-state index is 0.000463. The van der Waals surface area contributed by atoms with E-state index in [1.165, 1.54) is 0 Å². The highest BCUT2D eigenvalue weighted by Gasteiger charge is 2.13. The average Bonchev–Trinajstić information content (AvgIpc) is 2.52. The van der Waals surface area contributed by atoms with Crippen molar-refractivity contribution >= 4 is 6.29 Å². The number of hydrogen-bond donors (Lipinski definition) is 1. The monoisotopic (exact) mass is 270 g/mol. The van der Waals surface area contributed by atoms with Gasteiger partial charge >= 0.3 is 0 Å². The largest absolute Gasteiger partial charge is 0.491 e. The number of aliphatic hydroxyl groups is 1. The van der Waals surface area contributed by atoms with Crippen molar-refractivity contribution < 1.29 is 14.6 Å². The lowest BCUT2D eigenvalue weighted by atomic mass is 9.89.